The maximum absolute atomic E-state index is 11.7. The zero-order valence-electron chi connectivity index (χ0n) is 12.8. The second kappa shape index (κ2) is 4.32. The quantitative estimate of drug-likeness (QED) is 0.595. The van der Waals surface area contributed by atoms with Crippen LogP contribution in [0.15, 0.2) is 11.6 Å². The van der Waals surface area contributed by atoms with Gasteiger partial charge in [0.25, 0.3) is 0 Å². The highest BCUT2D eigenvalue weighted by atomic mass is 28.3. The van der Waals surface area contributed by atoms with Crippen LogP contribution in [-0.2, 0) is 4.79 Å². The van der Waals surface area contributed by atoms with E-state index in [0.29, 0.717) is 18.8 Å². The molecule has 2 saturated carbocycles. The average molecular weight is 288 g/mol. The molecule has 0 spiro atoms. The van der Waals surface area contributed by atoms with Crippen LogP contribution in [0, 0.1) is 22.8 Å². The Bertz CT molecular complexity index is 542. The Morgan fingerprint density at radius 1 is 1.25 bits per heavy atom. The number of carbonyl (C=O) groups is 1. The van der Waals surface area contributed by atoms with E-state index in [1.165, 1.54) is 18.4 Å². The van der Waals surface area contributed by atoms with E-state index in [0.717, 1.165) is 12.8 Å². The van der Waals surface area contributed by atoms with E-state index in [-0.39, 0.29) is 11.2 Å². The van der Waals surface area contributed by atoms with Gasteiger partial charge < -0.3 is 5.11 Å². The topological polar surface area (TPSA) is 37.3 Å². The molecule has 3 aliphatic rings. The molecular weight excluding hydrogens is 264 g/mol. The van der Waals surface area contributed by atoms with Gasteiger partial charge in [-0.25, -0.2) is 0 Å². The second-order valence-corrected chi connectivity index (χ2v) is 12.5. The molecule has 0 aromatic rings. The SMILES string of the molecule is C[Si](C)(C)C#C[C@]1(O)CCC2=CC(=O)CC[C@@]21C1CC1. The number of hydrogen-bond donors (Lipinski definition) is 1. The fourth-order valence-electron chi connectivity index (χ4n) is 4.03. The van der Waals surface area contributed by atoms with Crippen molar-refractivity contribution < 1.29 is 9.90 Å². The summed E-state index contributed by atoms with van der Waals surface area (Å²) in [6.07, 6.45) is 7.14. The van der Waals surface area contributed by atoms with Crippen LogP contribution in [-0.4, -0.2) is 24.6 Å². The van der Waals surface area contributed by atoms with E-state index < -0.39 is 13.7 Å². The summed E-state index contributed by atoms with van der Waals surface area (Å²) in [7, 11) is -1.50. The minimum Gasteiger partial charge on any atom is -0.377 e. The van der Waals surface area contributed by atoms with Crippen molar-refractivity contribution in [2.75, 3.05) is 0 Å². The Hall–Kier alpha value is -0.853. The molecule has 108 valence electrons. The third-order valence-electron chi connectivity index (χ3n) is 5.09. The number of carbonyl (C=O) groups excluding carboxylic acids is 1. The number of aliphatic hydroxyl groups is 1. The fraction of sp³-hybridized carbons (Fsp3) is 0.706. The zero-order valence-corrected chi connectivity index (χ0v) is 13.8. The maximum atomic E-state index is 11.7. The molecule has 0 heterocycles. The molecule has 0 aliphatic heterocycles. The van der Waals surface area contributed by atoms with Gasteiger partial charge in [0.15, 0.2) is 5.78 Å². The second-order valence-electron chi connectivity index (χ2n) is 7.74. The summed E-state index contributed by atoms with van der Waals surface area (Å²) in [5.74, 6) is 4.07. The van der Waals surface area contributed by atoms with Gasteiger partial charge in [-0.1, -0.05) is 31.1 Å². The predicted octanol–water partition coefficient (Wildman–Crippen LogP) is 3.08. The first-order valence-corrected chi connectivity index (χ1v) is 11.3. The summed E-state index contributed by atoms with van der Waals surface area (Å²) in [6.45, 7) is 6.63. The molecular formula is C17H24O2Si. The number of fused-ring (bicyclic) bond motifs is 1. The Kier molecular flexibility index (Phi) is 3.04. The third-order valence-corrected chi connectivity index (χ3v) is 5.96. The van der Waals surface area contributed by atoms with Crippen molar-refractivity contribution in [3.05, 3.63) is 11.6 Å². The van der Waals surface area contributed by atoms with Gasteiger partial charge in [0.05, 0.1) is 0 Å². The summed E-state index contributed by atoms with van der Waals surface area (Å²) in [5.41, 5.74) is 3.49. The summed E-state index contributed by atoms with van der Waals surface area (Å²) in [5, 5.41) is 11.3. The lowest BCUT2D eigenvalue weighted by molar-refractivity contribution is -0.117. The van der Waals surface area contributed by atoms with Crippen molar-refractivity contribution in [2.24, 2.45) is 11.3 Å². The van der Waals surface area contributed by atoms with Gasteiger partial charge in [-0.3, -0.25) is 4.79 Å². The Labute approximate surface area is 122 Å². The molecule has 0 unspecified atom stereocenters. The molecule has 1 N–H and O–H groups in total. The van der Waals surface area contributed by atoms with Crippen molar-refractivity contribution in [2.45, 2.75) is 63.8 Å². The average Bonchev–Trinajstić information content (AvgIpc) is 3.14. The fourth-order valence-corrected chi connectivity index (χ4v) is 4.61. The van der Waals surface area contributed by atoms with Gasteiger partial charge in [0, 0.05) is 11.8 Å². The lowest BCUT2D eigenvalue weighted by Crippen LogP contribution is -2.47. The first kappa shape index (κ1) is 14.1. The van der Waals surface area contributed by atoms with Crippen LogP contribution >= 0.6 is 0 Å². The van der Waals surface area contributed by atoms with Crippen molar-refractivity contribution in [1.82, 2.24) is 0 Å². The summed E-state index contributed by atoms with van der Waals surface area (Å²) >= 11 is 0. The van der Waals surface area contributed by atoms with Crippen LogP contribution in [0.25, 0.3) is 0 Å². The highest BCUT2D eigenvalue weighted by Gasteiger charge is 2.63. The van der Waals surface area contributed by atoms with Gasteiger partial charge in [-0.2, -0.15) is 0 Å². The van der Waals surface area contributed by atoms with Gasteiger partial charge in [-0.15, -0.1) is 5.54 Å². The Morgan fingerprint density at radius 2 is 1.95 bits per heavy atom. The molecule has 3 heteroatoms. The molecule has 0 saturated heterocycles. The van der Waals surface area contributed by atoms with Gasteiger partial charge in [0.1, 0.15) is 13.7 Å². The third kappa shape index (κ3) is 2.10. The van der Waals surface area contributed by atoms with Crippen LogP contribution < -0.4 is 0 Å². The van der Waals surface area contributed by atoms with E-state index in [2.05, 4.69) is 31.1 Å². The first-order valence-electron chi connectivity index (χ1n) is 7.77. The minimum absolute atomic E-state index is 0.201. The Balaban J connectivity index is 2.05. The maximum Gasteiger partial charge on any atom is 0.155 e. The van der Waals surface area contributed by atoms with Crippen LogP contribution in [0.3, 0.4) is 0 Å². The van der Waals surface area contributed by atoms with Crippen LogP contribution in [0.4, 0.5) is 0 Å². The van der Waals surface area contributed by atoms with Crippen molar-refractivity contribution in [3.63, 3.8) is 0 Å². The smallest absolute Gasteiger partial charge is 0.155 e. The first-order chi connectivity index (χ1) is 9.27. The number of rotatable bonds is 1. The summed E-state index contributed by atoms with van der Waals surface area (Å²) < 4.78 is 0. The molecule has 3 rings (SSSR count). The molecule has 0 aromatic heterocycles. The largest absolute Gasteiger partial charge is 0.377 e. The van der Waals surface area contributed by atoms with Gasteiger partial charge in [-0.05, 0) is 44.1 Å². The van der Waals surface area contributed by atoms with Crippen molar-refractivity contribution in [1.29, 1.82) is 0 Å². The lowest BCUT2D eigenvalue weighted by atomic mass is 9.63. The number of allylic oxidation sites excluding steroid dienone is 1. The van der Waals surface area contributed by atoms with E-state index in [9.17, 15) is 9.90 Å². The van der Waals surface area contributed by atoms with Crippen molar-refractivity contribution >= 4 is 13.9 Å². The molecule has 2 nitrogen and oxygen atoms in total. The lowest BCUT2D eigenvalue weighted by Gasteiger charge is -2.42. The summed E-state index contributed by atoms with van der Waals surface area (Å²) in [6, 6.07) is 0. The molecule has 0 amide bonds. The van der Waals surface area contributed by atoms with Gasteiger partial charge in [0.2, 0.25) is 0 Å². The molecule has 2 atom stereocenters. The number of hydrogen-bond acceptors (Lipinski definition) is 2. The van der Waals surface area contributed by atoms with Gasteiger partial charge >= 0.3 is 0 Å². The van der Waals surface area contributed by atoms with E-state index in [4.69, 9.17) is 0 Å². The predicted molar refractivity (Wildman–Crippen MR) is 82.8 cm³/mol. The normalized spacial score (nSPS) is 37.0. The van der Waals surface area contributed by atoms with Crippen LogP contribution in [0.1, 0.15) is 38.5 Å². The molecule has 2 fully saturated rings. The molecule has 0 aromatic carbocycles. The molecule has 3 aliphatic carbocycles. The monoisotopic (exact) mass is 288 g/mol. The minimum atomic E-state index is -1.50. The van der Waals surface area contributed by atoms with Crippen molar-refractivity contribution in [3.8, 4) is 11.5 Å². The van der Waals surface area contributed by atoms with Crippen LogP contribution in [0.2, 0.25) is 19.6 Å². The molecule has 20 heavy (non-hydrogen) atoms. The summed E-state index contributed by atoms with van der Waals surface area (Å²) in [4.78, 5) is 11.7. The number of ketones is 1. The molecule has 0 bridgehead atoms. The highest BCUT2D eigenvalue weighted by molar-refractivity contribution is 6.83. The highest BCUT2D eigenvalue weighted by Crippen LogP contribution is 2.65. The Morgan fingerprint density at radius 3 is 2.55 bits per heavy atom. The van der Waals surface area contributed by atoms with E-state index in [1.54, 1.807) is 0 Å². The van der Waals surface area contributed by atoms with E-state index in [1.807, 2.05) is 6.08 Å². The van der Waals surface area contributed by atoms with Crippen LogP contribution in [0.5, 0.6) is 0 Å². The van der Waals surface area contributed by atoms with E-state index >= 15 is 0 Å². The standard InChI is InChI=1S/C17H24O2Si/c1-20(2,3)11-10-16(19)8-6-14-12-15(18)7-9-17(14,16)13-4-5-13/h12-13,19H,4-9H2,1-3H3/t16-,17-/m1/s1. The molecule has 0 radical (unpaired) electrons. The zero-order chi connectivity index (χ0) is 14.6.